The molecule has 2 rings (SSSR count). The largest absolute Gasteiger partial charge is 0.416 e. The molecule has 0 fully saturated rings. The number of nitrogens with two attached hydrogens (primary N) is 1. The minimum atomic E-state index is 0.492. The Kier molecular flexibility index (Phi) is 3.82. The van der Waals surface area contributed by atoms with E-state index in [1.807, 2.05) is 0 Å². The van der Waals surface area contributed by atoms with Crippen LogP contribution in [0.15, 0.2) is 21.8 Å². The fourth-order valence-corrected chi connectivity index (χ4v) is 2.14. The maximum absolute atomic E-state index is 6.01. The van der Waals surface area contributed by atoms with Crippen molar-refractivity contribution in [2.45, 2.75) is 17.9 Å². The molecule has 0 amide bonds. The minimum Gasteiger partial charge on any atom is -0.416 e. The van der Waals surface area contributed by atoms with E-state index in [1.165, 1.54) is 11.8 Å². The van der Waals surface area contributed by atoms with Crippen molar-refractivity contribution in [1.82, 2.24) is 15.2 Å². The van der Waals surface area contributed by atoms with Crippen molar-refractivity contribution in [2.75, 3.05) is 5.43 Å². The molecule has 0 aliphatic carbocycles. The van der Waals surface area contributed by atoms with E-state index < -0.39 is 0 Å². The van der Waals surface area contributed by atoms with Gasteiger partial charge in [-0.15, -0.1) is 10.2 Å². The van der Waals surface area contributed by atoms with Crippen LogP contribution in [0.4, 0.5) is 5.82 Å². The van der Waals surface area contributed by atoms with Gasteiger partial charge in [-0.2, -0.15) is 0 Å². The molecule has 0 spiro atoms. The second kappa shape index (κ2) is 5.35. The molecule has 0 radical (unpaired) electrons. The number of aryl methyl sites for hydroxylation is 1. The number of nitrogen functional groups attached to an aromatic ring is 1. The average molecular weight is 272 g/mol. The van der Waals surface area contributed by atoms with Gasteiger partial charge in [0.2, 0.25) is 5.89 Å². The SMILES string of the molecule is Cc1nnc(SCc2nc(NN)ccc2Cl)o1. The highest BCUT2D eigenvalue weighted by Gasteiger charge is 2.08. The highest BCUT2D eigenvalue weighted by molar-refractivity contribution is 7.98. The number of halogens is 1. The summed E-state index contributed by atoms with van der Waals surface area (Å²) in [4.78, 5) is 4.23. The third-order valence-electron chi connectivity index (χ3n) is 1.91. The molecular weight excluding hydrogens is 262 g/mol. The van der Waals surface area contributed by atoms with Gasteiger partial charge in [-0.3, -0.25) is 0 Å². The molecule has 17 heavy (non-hydrogen) atoms. The maximum Gasteiger partial charge on any atom is 0.276 e. The molecule has 0 saturated carbocycles. The Morgan fingerprint density at radius 3 is 2.94 bits per heavy atom. The smallest absolute Gasteiger partial charge is 0.276 e. The molecule has 0 aromatic carbocycles. The van der Waals surface area contributed by atoms with Crippen molar-refractivity contribution < 1.29 is 4.42 Å². The number of hydrogen-bond donors (Lipinski definition) is 2. The van der Waals surface area contributed by atoms with Gasteiger partial charge in [0.1, 0.15) is 5.82 Å². The second-order valence-corrected chi connectivity index (χ2v) is 4.48. The summed E-state index contributed by atoms with van der Waals surface area (Å²) in [5.74, 6) is 6.91. The van der Waals surface area contributed by atoms with Gasteiger partial charge >= 0.3 is 0 Å². The van der Waals surface area contributed by atoms with Crippen LogP contribution in [0.5, 0.6) is 0 Å². The molecule has 0 aliphatic heterocycles. The Hall–Kier alpha value is -1.31. The van der Waals surface area contributed by atoms with E-state index >= 15 is 0 Å². The van der Waals surface area contributed by atoms with E-state index in [9.17, 15) is 0 Å². The van der Waals surface area contributed by atoms with Crippen LogP contribution in [-0.2, 0) is 5.75 Å². The van der Waals surface area contributed by atoms with Gasteiger partial charge in [0.25, 0.3) is 5.22 Å². The third-order valence-corrected chi connectivity index (χ3v) is 3.08. The topological polar surface area (TPSA) is 89.9 Å². The van der Waals surface area contributed by atoms with Crippen molar-refractivity contribution in [3.8, 4) is 0 Å². The van der Waals surface area contributed by atoms with E-state index in [2.05, 4.69) is 20.6 Å². The zero-order chi connectivity index (χ0) is 12.3. The summed E-state index contributed by atoms with van der Waals surface area (Å²) in [5, 5.41) is 8.67. The average Bonchev–Trinajstić information content (AvgIpc) is 2.74. The van der Waals surface area contributed by atoms with Gasteiger partial charge in [-0.1, -0.05) is 23.4 Å². The number of nitrogens with one attached hydrogen (secondary N) is 1. The lowest BCUT2D eigenvalue weighted by Crippen LogP contribution is -2.09. The predicted octanol–water partition coefficient (Wildman–Crippen LogP) is 2.00. The fourth-order valence-electron chi connectivity index (χ4n) is 1.13. The first-order valence-electron chi connectivity index (χ1n) is 4.74. The van der Waals surface area contributed by atoms with E-state index in [0.29, 0.717) is 33.4 Å². The molecule has 0 bridgehead atoms. The van der Waals surface area contributed by atoms with Crippen molar-refractivity contribution in [1.29, 1.82) is 0 Å². The Labute approximate surface area is 107 Å². The second-order valence-electron chi connectivity index (χ2n) is 3.15. The monoisotopic (exact) mass is 271 g/mol. The van der Waals surface area contributed by atoms with Crippen LogP contribution in [0.1, 0.15) is 11.6 Å². The van der Waals surface area contributed by atoms with Crippen LogP contribution < -0.4 is 11.3 Å². The predicted molar refractivity (Wildman–Crippen MR) is 65.7 cm³/mol. The summed E-state index contributed by atoms with van der Waals surface area (Å²) in [6.07, 6.45) is 0. The summed E-state index contributed by atoms with van der Waals surface area (Å²) in [5.41, 5.74) is 3.18. The van der Waals surface area contributed by atoms with Gasteiger partial charge in [0.05, 0.1) is 10.7 Å². The lowest BCUT2D eigenvalue weighted by Gasteiger charge is -2.04. The molecule has 3 N–H and O–H groups in total. The van der Waals surface area contributed by atoms with Gasteiger partial charge < -0.3 is 9.84 Å². The Balaban J connectivity index is 2.07. The zero-order valence-corrected chi connectivity index (χ0v) is 10.5. The Bertz CT molecular complexity index is 518. The molecule has 2 aromatic heterocycles. The quantitative estimate of drug-likeness (QED) is 0.499. The number of rotatable bonds is 4. The molecular formula is C9H10ClN5OS. The standard InChI is InChI=1S/C9H10ClN5OS/c1-5-14-15-9(16-5)17-4-7-6(10)2-3-8(12-7)13-11/h2-3H,4,11H2,1H3,(H,12,13). The normalized spacial score (nSPS) is 10.5. The zero-order valence-electron chi connectivity index (χ0n) is 8.98. The Morgan fingerprint density at radius 1 is 1.47 bits per heavy atom. The van der Waals surface area contributed by atoms with E-state index in [1.54, 1.807) is 19.1 Å². The number of hydrazine groups is 1. The summed E-state index contributed by atoms with van der Waals surface area (Å²) < 4.78 is 5.23. The molecule has 2 heterocycles. The van der Waals surface area contributed by atoms with Crippen LogP contribution in [0.3, 0.4) is 0 Å². The van der Waals surface area contributed by atoms with Gasteiger partial charge in [-0.05, 0) is 12.1 Å². The van der Waals surface area contributed by atoms with E-state index in [0.717, 1.165) is 0 Å². The Morgan fingerprint density at radius 2 is 2.29 bits per heavy atom. The number of pyridine rings is 1. The lowest BCUT2D eigenvalue weighted by atomic mass is 10.4. The number of aromatic nitrogens is 3. The molecule has 0 atom stereocenters. The van der Waals surface area contributed by atoms with Gasteiger partial charge in [0, 0.05) is 12.7 Å². The first-order valence-corrected chi connectivity index (χ1v) is 6.10. The number of anilines is 1. The van der Waals surface area contributed by atoms with Crippen LogP contribution in [0, 0.1) is 6.92 Å². The van der Waals surface area contributed by atoms with Crippen molar-refractivity contribution in [3.63, 3.8) is 0 Å². The summed E-state index contributed by atoms with van der Waals surface area (Å²) in [6, 6.07) is 3.44. The fraction of sp³-hybridized carbons (Fsp3) is 0.222. The van der Waals surface area contributed by atoms with Crippen LogP contribution in [-0.4, -0.2) is 15.2 Å². The van der Waals surface area contributed by atoms with Crippen molar-refractivity contribution in [3.05, 3.63) is 28.7 Å². The molecule has 0 unspecified atom stereocenters. The van der Waals surface area contributed by atoms with Crippen LogP contribution in [0.2, 0.25) is 5.02 Å². The number of thioether (sulfide) groups is 1. The summed E-state index contributed by atoms with van der Waals surface area (Å²) in [6.45, 7) is 1.74. The lowest BCUT2D eigenvalue weighted by molar-refractivity contribution is 0.429. The van der Waals surface area contributed by atoms with Crippen LogP contribution >= 0.6 is 23.4 Å². The highest BCUT2D eigenvalue weighted by atomic mass is 35.5. The van der Waals surface area contributed by atoms with E-state index in [4.69, 9.17) is 21.9 Å². The molecule has 90 valence electrons. The number of hydrogen-bond acceptors (Lipinski definition) is 7. The molecule has 0 aliphatic rings. The number of nitrogens with zero attached hydrogens (tertiary/aromatic N) is 3. The van der Waals surface area contributed by atoms with Gasteiger partial charge in [0.15, 0.2) is 0 Å². The third kappa shape index (κ3) is 3.09. The summed E-state index contributed by atoms with van der Waals surface area (Å²) in [7, 11) is 0. The van der Waals surface area contributed by atoms with Gasteiger partial charge in [-0.25, -0.2) is 10.8 Å². The maximum atomic E-state index is 6.01. The molecule has 2 aromatic rings. The highest BCUT2D eigenvalue weighted by Crippen LogP contribution is 2.25. The molecule has 8 heteroatoms. The minimum absolute atomic E-state index is 0.492. The summed E-state index contributed by atoms with van der Waals surface area (Å²) >= 11 is 7.39. The van der Waals surface area contributed by atoms with Crippen molar-refractivity contribution in [2.24, 2.45) is 5.84 Å². The van der Waals surface area contributed by atoms with E-state index in [-0.39, 0.29) is 0 Å². The van der Waals surface area contributed by atoms with Crippen molar-refractivity contribution >= 4 is 29.2 Å². The molecule has 6 nitrogen and oxygen atoms in total. The first-order chi connectivity index (χ1) is 8.19. The molecule has 0 saturated heterocycles. The van der Waals surface area contributed by atoms with Crippen LogP contribution in [0.25, 0.3) is 0 Å². The first kappa shape index (κ1) is 12.2.